The van der Waals surface area contributed by atoms with Crippen LogP contribution in [0.4, 0.5) is 5.82 Å². The molecule has 2 aromatic rings. The molecule has 0 fully saturated rings. The molecule has 0 atom stereocenters. The number of hydrogen-bond donors (Lipinski definition) is 1. The van der Waals surface area contributed by atoms with Crippen molar-refractivity contribution in [2.45, 2.75) is 13.3 Å². The Morgan fingerprint density at radius 2 is 2.25 bits per heavy atom. The molecule has 2 N–H and O–H groups in total. The second kappa shape index (κ2) is 6.22. The molecule has 0 saturated heterocycles. The number of nitrogens with two attached hydrogens (primary N) is 1. The lowest BCUT2D eigenvalue weighted by Gasteiger charge is -2.09. The maximum absolute atomic E-state index is 8.74. The highest BCUT2D eigenvalue weighted by Crippen LogP contribution is 2.21. The van der Waals surface area contributed by atoms with Gasteiger partial charge in [-0.3, -0.25) is 0 Å². The standard InChI is InChI=1S/C14H13ClN4O/c1-9-6-11(15)2-3-12(9)20-5-4-13-18-8-10(7-16)14(17)19-13/h2-3,6,8H,4-5H2,1H3,(H2,17,18,19). The fourth-order valence-corrected chi connectivity index (χ4v) is 1.89. The molecule has 102 valence electrons. The molecule has 0 bridgehead atoms. The van der Waals surface area contributed by atoms with Gasteiger partial charge in [-0.2, -0.15) is 5.26 Å². The van der Waals surface area contributed by atoms with Crippen LogP contribution in [-0.2, 0) is 6.42 Å². The number of rotatable bonds is 4. The number of aromatic nitrogens is 2. The van der Waals surface area contributed by atoms with E-state index in [-0.39, 0.29) is 11.4 Å². The van der Waals surface area contributed by atoms with Gasteiger partial charge < -0.3 is 10.5 Å². The number of nitrogen functional groups attached to an aromatic ring is 1. The van der Waals surface area contributed by atoms with Gasteiger partial charge in [-0.25, -0.2) is 9.97 Å². The molecule has 2 rings (SSSR count). The van der Waals surface area contributed by atoms with E-state index in [1.807, 2.05) is 25.1 Å². The van der Waals surface area contributed by atoms with Gasteiger partial charge in [0.2, 0.25) is 0 Å². The first-order valence-corrected chi connectivity index (χ1v) is 6.38. The second-order valence-electron chi connectivity index (χ2n) is 4.21. The summed E-state index contributed by atoms with van der Waals surface area (Å²) in [6.07, 6.45) is 1.93. The van der Waals surface area contributed by atoms with E-state index in [1.54, 1.807) is 6.07 Å². The molecule has 0 radical (unpaired) electrons. The number of nitriles is 1. The van der Waals surface area contributed by atoms with Crippen LogP contribution in [0.25, 0.3) is 0 Å². The summed E-state index contributed by atoms with van der Waals surface area (Å²) in [5.74, 6) is 1.52. The van der Waals surface area contributed by atoms with E-state index < -0.39 is 0 Å². The summed E-state index contributed by atoms with van der Waals surface area (Å²) in [4.78, 5) is 8.12. The first kappa shape index (κ1) is 14.1. The normalized spacial score (nSPS) is 10.1. The number of ether oxygens (including phenoxy) is 1. The van der Waals surface area contributed by atoms with Gasteiger partial charge >= 0.3 is 0 Å². The topological polar surface area (TPSA) is 84.8 Å². The van der Waals surface area contributed by atoms with Crippen molar-refractivity contribution in [3.8, 4) is 11.8 Å². The SMILES string of the molecule is Cc1cc(Cl)ccc1OCCc1ncc(C#N)c(N)n1. The highest BCUT2D eigenvalue weighted by molar-refractivity contribution is 6.30. The number of nitrogens with zero attached hydrogens (tertiary/aromatic N) is 3. The zero-order chi connectivity index (χ0) is 14.5. The van der Waals surface area contributed by atoms with Gasteiger partial charge in [-0.15, -0.1) is 0 Å². The van der Waals surface area contributed by atoms with Crippen LogP contribution in [-0.4, -0.2) is 16.6 Å². The number of hydrogen-bond acceptors (Lipinski definition) is 5. The first-order valence-electron chi connectivity index (χ1n) is 6.00. The van der Waals surface area contributed by atoms with Gasteiger partial charge in [-0.1, -0.05) is 11.6 Å². The quantitative estimate of drug-likeness (QED) is 0.934. The molecule has 0 saturated carbocycles. The summed E-state index contributed by atoms with van der Waals surface area (Å²) < 4.78 is 5.65. The molecule has 1 aromatic heterocycles. The average Bonchev–Trinajstić information content (AvgIpc) is 2.41. The summed E-state index contributed by atoms with van der Waals surface area (Å²) in [6, 6.07) is 7.37. The minimum absolute atomic E-state index is 0.195. The van der Waals surface area contributed by atoms with E-state index in [9.17, 15) is 0 Å². The molecule has 1 heterocycles. The third-order valence-electron chi connectivity index (χ3n) is 2.71. The predicted octanol–water partition coefficient (Wildman–Crippen LogP) is 2.51. The van der Waals surface area contributed by atoms with Gasteiger partial charge in [0, 0.05) is 11.4 Å². The average molecular weight is 289 g/mol. The summed E-state index contributed by atoms with van der Waals surface area (Å²) in [5.41, 5.74) is 6.88. The van der Waals surface area contributed by atoms with Gasteiger partial charge in [0.05, 0.1) is 12.8 Å². The van der Waals surface area contributed by atoms with E-state index in [0.29, 0.717) is 23.9 Å². The number of benzene rings is 1. The van der Waals surface area contributed by atoms with Crippen LogP contribution in [0.1, 0.15) is 17.0 Å². The lowest BCUT2D eigenvalue weighted by Crippen LogP contribution is -2.08. The fraction of sp³-hybridized carbons (Fsp3) is 0.214. The summed E-state index contributed by atoms with van der Waals surface area (Å²) in [5, 5.41) is 9.42. The van der Waals surface area contributed by atoms with Crippen LogP contribution in [0.5, 0.6) is 5.75 Å². The number of halogens is 1. The summed E-state index contributed by atoms with van der Waals surface area (Å²) in [6.45, 7) is 2.35. The summed E-state index contributed by atoms with van der Waals surface area (Å²) in [7, 11) is 0. The van der Waals surface area contributed by atoms with Crippen molar-refractivity contribution in [1.82, 2.24) is 9.97 Å². The van der Waals surface area contributed by atoms with E-state index in [4.69, 9.17) is 27.3 Å². The molecule has 0 aliphatic carbocycles. The van der Waals surface area contributed by atoms with Crippen LogP contribution in [0.3, 0.4) is 0 Å². The molecule has 0 aliphatic heterocycles. The molecule has 0 aliphatic rings. The predicted molar refractivity (Wildman–Crippen MR) is 76.5 cm³/mol. The third kappa shape index (κ3) is 3.37. The Morgan fingerprint density at radius 3 is 2.90 bits per heavy atom. The van der Waals surface area contributed by atoms with Crippen LogP contribution in [0, 0.1) is 18.3 Å². The Hall–Kier alpha value is -2.32. The molecule has 1 aromatic carbocycles. The maximum Gasteiger partial charge on any atom is 0.145 e. The second-order valence-corrected chi connectivity index (χ2v) is 4.64. The van der Waals surface area contributed by atoms with Crippen LogP contribution < -0.4 is 10.5 Å². The van der Waals surface area contributed by atoms with E-state index >= 15 is 0 Å². The van der Waals surface area contributed by atoms with E-state index in [0.717, 1.165) is 11.3 Å². The molecule has 0 spiro atoms. The monoisotopic (exact) mass is 288 g/mol. The molecule has 5 nitrogen and oxygen atoms in total. The van der Waals surface area contributed by atoms with Gasteiger partial charge in [-0.05, 0) is 30.7 Å². The molecule has 20 heavy (non-hydrogen) atoms. The van der Waals surface area contributed by atoms with Crippen LogP contribution in [0.2, 0.25) is 5.02 Å². The zero-order valence-electron chi connectivity index (χ0n) is 10.9. The third-order valence-corrected chi connectivity index (χ3v) is 2.94. The van der Waals surface area contributed by atoms with Crippen molar-refractivity contribution in [3.05, 3.63) is 46.4 Å². The highest BCUT2D eigenvalue weighted by Gasteiger charge is 2.05. The Labute approximate surface area is 122 Å². The van der Waals surface area contributed by atoms with Gasteiger partial charge in [0.15, 0.2) is 0 Å². The Morgan fingerprint density at radius 1 is 1.45 bits per heavy atom. The Kier molecular flexibility index (Phi) is 4.38. The first-order chi connectivity index (χ1) is 9.60. The van der Waals surface area contributed by atoms with Crippen molar-refractivity contribution in [2.24, 2.45) is 0 Å². The fourth-order valence-electron chi connectivity index (χ4n) is 1.67. The largest absolute Gasteiger partial charge is 0.493 e. The number of anilines is 1. The van der Waals surface area contributed by atoms with Gasteiger partial charge in [0.1, 0.15) is 29.0 Å². The number of aryl methyl sites for hydroxylation is 1. The van der Waals surface area contributed by atoms with Crippen molar-refractivity contribution >= 4 is 17.4 Å². The lowest BCUT2D eigenvalue weighted by atomic mass is 10.2. The van der Waals surface area contributed by atoms with Crippen molar-refractivity contribution in [3.63, 3.8) is 0 Å². The van der Waals surface area contributed by atoms with Crippen LogP contribution >= 0.6 is 11.6 Å². The smallest absolute Gasteiger partial charge is 0.145 e. The Bertz CT molecular complexity index is 667. The van der Waals surface area contributed by atoms with Crippen LogP contribution in [0.15, 0.2) is 24.4 Å². The maximum atomic E-state index is 8.74. The van der Waals surface area contributed by atoms with E-state index in [2.05, 4.69) is 9.97 Å². The molecule has 0 unspecified atom stereocenters. The molecule has 6 heteroatoms. The minimum atomic E-state index is 0.195. The highest BCUT2D eigenvalue weighted by atomic mass is 35.5. The van der Waals surface area contributed by atoms with Gasteiger partial charge in [0.25, 0.3) is 0 Å². The van der Waals surface area contributed by atoms with Crippen molar-refractivity contribution in [1.29, 1.82) is 5.26 Å². The lowest BCUT2D eigenvalue weighted by molar-refractivity contribution is 0.317. The zero-order valence-corrected chi connectivity index (χ0v) is 11.7. The molecule has 0 amide bonds. The minimum Gasteiger partial charge on any atom is -0.493 e. The molecular formula is C14H13ClN4O. The van der Waals surface area contributed by atoms with E-state index in [1.165, 1.54) is 6.20 Å². The van der Waals surface area contributed by atoms with Crippen molar-refractivity contribution in [2.75, 3.05) is 12.3 Å². The Balaban J connectivity index is 1.96. The molecular weight excluding hydrogens is 276 g/mol. The van der Waals surface area contributed by atoms with Crippen molar-refractivity contribution < 1.29 is 4.74 Å². The summed E-state index contributed by atoms with van der Waals surface area (Å²) >= 11 is 5.88.